The van der Waals surface area contributed by atoms with Gasteiger partial charge in [-0.25, -0.2) is 0 Å². The number of nitrogens with zero attached hydrogens (tertiary/aromatic N) is 2. The summed E-state index contributed by atoms with van der Waals surface area (Å²) in [6, 6.07) is 7.56. The summed E-state index contributed by atoms with van der Waals surface area (Å²) >= 11 is 0. The van der Waals surface area contributed by atoms with Gasteiger partial charge in [-0.3, -0.25) is 9.59 Å². The molecule has 5 heteroatoms. The third-order valence-electron chi connectivity index (χ3n) is 4.70. The molecule has 1 aromatic rings. The van der Waals surface area contributed by atoms with Gasteiger partial charge in [0.15, 0.2) is 0 Å². The van der Waals surface area contributed by atoms with Crippen LogP contribution in [-0.4, -0.2) is 52.5 Å². The minimum absolute atomic E-state index is 0.0341. The summed E-state index contributed by atoms with van der Waals surface area (Å²) in [5, 5.41) is 9.46. The fourth-order valence-electron chi connectivity index (χ4n) is 3.22. The summed E-state index contributed by atoms with van der Waals surface area (Å²) in [5.41, 5.74) is 2.26. The Bertz CT molecular complexity index is 613. The number of likely N-dealkylation sites (N-methyl/N-ethyl adjacent to an activating group) is 1. The Hall–Kier alpha value is -1.88. The van der Waals surface area contributed by atoms with Crippen molar-refractivity contribution < 1.29 is 14.7 Å². The molecule has 2 unspecified atom stereocenters. The van der Waals surface area contributed by atoms with Gasteiger partial charge in [-0.15, -0.1) is 0 Å². The van der Waals surface area contributed by atoms with Crippen LogP contribution in [0.5, 0.6) is 0 Å². The summed E-state index contributed by atoms with van der Waals surface area (Å²) < 4.78 is 0. The van der Waals surface area contributed by atoms with Crippen molar-refractivity contribution in [3.63, 3.8) is 0 Å². The van der Waals surface area contributed by atoms with Gasteiger partial charge in [-0.1, -0.05) is 38.1 Å². The lowest BCUT2D eigenvalue weighted by atomic mass is 9.92. The first kappa shape index (κ1) is 19.4. The summed E-state index contributed by atoms with van der Waals surface area (Å²) in [4.78, 5) is 29.1. The van der Waals surface area contributed by atoms with E-state index in [1.165, 1.54) is 0 Å². The van der Waals surface area contributed by atoms with E-state index in [0.717, 1.165) is 11.1 Å². The third-order valence-corrected chi connectivity index (χ3v) is 4.70. The van der Waals surface area contributed by atoms with Crippen molar-refractivity contribution in [2.45, 2.75) is 58.7 Å². The number of hydrogen-bond donors (Lipinski definition) is 1. The Balaban J connectivity index is 2.21. The maximum atomic E-state index is 13.0. The van der Waals surface area contributed by atoms with E-state index in [4.69, 9.17) is 0 Å². The van der Waals surface area contributed by atoms with Gasteiger partial charge in [-0.2, -0.15) is 0 Å². The first-order valence-corrected chi connectivity index (χ1v) is 9.09. The summed E-state index contributed by atoms with van der Waals surface area (Å²) in [6.45, 7) is 6.72. The fourth-order valence-corrected chi connectivity index (χ4v) is 3.22. The number of carbonyl (C=O) groups is 2. The Labute approximate surface area is 150 Å². The van der Waals surface area contributed by atoms with Crippen molar-refractivity contribution >= 4 is 11.8 Å². The number of fused-ring (bicyclic) bond motifs is 1. The fraction of sp³-hybridized carbons (Fsp3) is 0.600. The quantitative estimate of drug-likeness (QED) is 0.859. The van der Waals surface area contributed by atoms with Crippen molar-refractivity contribution in [2.75, 3.05) is 13.6 Å². The molecule has 1 heterocycles. The van der Waals surface area contributed by atoms with Gasteiger partial charge in [0.2, 0.25) is 11.8 Å². The highest BCUT2D eigenvalue weighted by Crippen LogP contribution is 2.25. The molecule has 0 fully saturated rings. The molecule has 0 saturated carbocycles. The van der Waals surface area contributed by atoms with Gasteiger partial charge in [0, 0.05) is 33.0 Å². The van der Waals surface area contributed by atoms with E-state index in [1.807, 2.05) is 38.1 Å². The number of hydrogen-bond acceptors (Lipinski definition) is 3. The van der Waals surface area contributed by atoms with Crippen molar-refractivity contribution in [1.82, 2.24) is 9.80 Å². The molecule has 0 spiro atoms. The number of carbonyl (C=O) groups excluding carboxylic acids is 2. The molecule has 1 aliphatic rings. The van der Waals surface area contributed by atoms with Gasteiger partial charge >= 0.3 is 0 Å². The van der Waals surface area contributed by atoms with Crippen LogP contribution in [-0.2, 0) is 22.6 Å². The molecule has 2 amide bonds. The van der Waals surface area contributed by atoms with E-state index in [-0.39, 0.29) is 17.7 Å². The molecule has 0 aromatic heterocycles. The number of aliphatic hydroxyl groups excluding tert-OH is 1. The van der Waals surface area contributed by atoms with Gasteiger partial charge in [0.25, 0.3) is 0 Å². The maximum absolute atomic E-state index is 13.0. The van der Waals surface area contributed by atoms with Crippen LogP contribution < -0.4 is 0 Å². The molecule has 138 valence electrons. The minimum atomic E-state index is -0.458. The Morgan fingerprint density at radius 2 is 1.88 bits per heavy atom. The number of benzene rings is 1. The molecule has 0 saturated heterocycles. The van der Waals surface area contributed by atoms with Crippen molar-refractivity contribution in [3.8, 4) is 0 Å². The zero-order valence-corrected chi connectivity index (χ0v) is 15.7. The second-order valence-corrected chi connectivity index (χ2v) is 7.51. The van der Waals surface area contributed by atoms with Gasteiger partial charge in [0.1, 0.15) is 6.04 Å². The molecule has 0 bridgehead atoms. The highest BCUT2D eigenvalue weighted by Gasteiger charge is 2.35. The molecule has 1 N–H and O–H groups in total. The van der Waals surface area contributed by atoms with E-state index in [1.54, 1.807) is 23.8 Å². The molecule has 2 atom stereocenters. The first-order chi connectivity index (χ1) is 11.8. The Morgan fingerprint density at radius 3 is 2.48 bits per heavy atom. The largest absolute Gasteiger partial charge is 0.393 e. The molecule has 0 aliphatic carbocycles. The highest BCUT2D eigenvalue weighted by atomic mass is 16.3. The highest BCUT2D eigenvalue weighted by molar-refractivity contribution is 5.88. The van der Waals surface area contributed by atoms with Crippen LogP contribution in [0.2, 0.25) is 0 Å². The summed E-state index contributed by atoms with van der Waals surface area (Å²) in [6.07, 6.45) is 1.09. The van der Waals surface area contributed by atoms with Crippen LogP contribution >= 0.6 is 0 Å². The zero-order chi connectivity index (χ0) is 18.6. The van der Waals surface area contributed by atoms with Crippen LogP contribution in [0.4, 0.5) is 0 Å². The van der Waals surface area contributed by atoms with Crippen LogP contribution in [0.1, 0.15) is 44.7 Å². The van der Waals surface area contributed by atoms with E-state index in [2.05, 4.69) is 0 Å². The van der Waals surface area contributed by atoms with E-state index < -0.39 is 12.1 Å². The molecule has 25 heavy (non-hydrogen) atoms. The minimum Gasteiger partial charge on any atom is -0.393 e. The van der Waals surface area contributed by atoms with Crippen LogP contribution in [0, 0.1) is 5.92 Å². The summed E-state index contributed by atoms with van der Waals surface area (Å²) in [5.74, 6) is 0.243. The Kier molecular flexibility index (Phi) is 6.59. The number of aliphatic hydroxyl groups is 1. The van der Waals surface area contributed by atoms with Gasteiger partial charge < -0.3 is 14.9 Å². The average Bonchev–Trinajstić information content (AvgIpc) is 2.57. The topological polar surface area (TPSA) is 60.9 Å². The average molecular weight is 346 g/mol. The molecule has 1 aliphatic heterocycles. The second-order valence-electron chi connectivity index (χ2n) is 7.51. The molecule has 0 radical (unpaired) electrons. The monoisotopic (exact) mass is 346 g/mol. The normalized spacial score (nSPS) is 18.0. The Morgan fingerprint density at radius 1 is 1.24 bits per heavy atom. The lowest BCUT2D eigenvalue weighted by molar-refractivity contribution is -0.147. The van der Waals surface area contributed by atoms with Crippen molar-refractivity contribution in [2.24, 2.45) is 5.92 Å². The number of amides is 2. The maximum Gasteiger partial charge on any atom is 0.245 e. The molecule has 2 rings (SSSR count). The number of rotatable bonds is 6. The van der Waals surface area contributed by atoms with Crippen molar-refractivity contribution in [1.29, 1.82) is 0 Å². The lowest BCUT2D eigenvalue weighted by Gasteiger charge is -2.38. The van der Waals surface area contributed by atoms with E-state index in [9.17, 15) is 14.7 Å². The smallest absolute Gasteiger partial charge is 0.245 e. The summed E-state index contributed by atoms with van der Waals surface area (Å²) in [7, 11) is 1.75. The zero-order valence-electron chi connectivity index (χ0n) is 15.7. The van der Waals surface area contributed by atoms with Crippen LogP contribution in [0.25, 0.3) is 0 Å². The third kappa shape index (κ3) is 5.05. The van der Waals surface area contributed by atoms with E-state index in [0.29, 0.717) is 32.4 Å². The van der Waals surface area contributed by atoms with Crippen LogP contribution in [0.3, 0.4) is 0 Å². The van der Waals surface area contributed by atoms with Crippen LogP contribution in [0.15, 0.2) is 24.3 Å². The molecule has 1 aromatic carbocycles. The SMILES string of the molecule is CC(C)CC(=O)N1Cc2ccccc2CC1C(=O)N(C)CCC(C)O. The molecule has 5 nitrogen and oxygen atoms in total. The van der Waals surface area contributed by atoms with Gasteiger partial charge in [-0.05, 0) is 30.4 Å². The second kappa shape index (κ2) is 8.48. The molecular weight excluding hydrogens is 316 g/mol. The van der Waals surface area contributed by atoms with E-state index >= 15 is 0 Å². The van der Waals surface area contributed by atoms with Crippen molar-refractivity contribution in [3.05, 3.63) is 35.4 Å². The molecular formula is C20H30N2O3. The predicted molar refractivity (Wildman–Crippen MR) is 97.9 cm³/mol. The first-order valence-electron chi connectivity index (χ1n) is 9.09. The van der Waals surface area contributed by atoms with Gasteiger partial charge in [0.05, 0.1) is 6.10 Å². The standard InChI is InChI=1S/C20H30N2O3/c1-14(2)11-19(24)22-13-17-8-6-5-7-16(17)12-18(22)20(25)21(4)10-9-15(3)23/h5-8,14-15,18,23H,9-13H2,1-4H3. The predicted octanol–water partition coefficient (Wildman–Crippen LogP) is 2.22. The lowest BCUT2D eigenvalue weighted by Crippen LogP contribution is -2.53.